The molecular formula is C23H21ClN2O5S. The Hall–Kier alpha value is -3.49. The summed E-state index contributed by atoms with van der Waals surface area (Å²) >= 11 is 5.81. The maximum atomic E-state index is 12.5. The first-order valence-electron chi connectivity index (χ1n) is 9.40. The van der Waals surface area contributed by atoms with E-state index in [-0.39, 0.29) is 10.8 Å². The van der Waals surface area contributed by atoms with Crippen LogP contribution in [0.4, 0.5) is 11.4 Å². The molecule has 0 unspecified atom stereocenters. The van der Waals surface area contributed by atoms with E-state index in [0.29, 0.717) is 27.9 Å². The van der Waals surface area contributed by atoms with Crippen molar-refractivity contribution in [2.75, 3.05) is 24.3 Å². The standard InChI is InChI=1S/C23H21ClN2O5S/c1-30-21-13-3-16(15-22(21)31-2)4-14-23(27)25-18-9-11-20(12-10-18)32(28,29)26-19-7-5-17(24)6-8-19/h3-15,26H,1-2H3,(H,25,27)/b14-4+. The van der Waals surface area contributed by atoms with Gasteiger partial charge in [0, 0.05) is 22.5 Å². The lowest BCUT2D eigenvalue weighted by atomic mass is 10.2. The number of hydrogen-bond donors (Lipinski definition) is 2. The second-order valence-corrected chi connectivity index (χ2v) is 8.69. The summed E-state index contributed by atoms with van der Waals surface area (Å²) in [5.74, 6) is 0.781. The molecule has 9 heteroatoms. The second kappa shape index (κ2) is 10.2. The molecule has 0 spiro atoms. The lowest BCUT2D eigenvalue weighted by molar-refractivity contribution is -0.111. The molecule has 0 aliphatic carbocycles. The number of halogens is 1. The van der Waals surface area contributed by atoms with E-state index < -0.39 is 10.0 Å². The number of nitrogens with one attached hydrogen (secondary N) is 2. The summed E-state index contributed by atoms with van der Waals surface area (Å²) in [6.45, 7) is 0. The average Bonchev–Trinajstić information content (AvgIpc) is 2.79. The fourth-order valence-corrected chi connectivity index (χ4v) is 3.95. The Bertz CT molecular complexity index is 1220. The van der Waals surface area contributed by atoms with Crippen LogP contribution in [0.5, 0.6) is 11.5 Å². The Labute approximate surface area is 191 Å². The molecule has 0 aliphatic rings. The molecule has 166 valence electrons. The van der Waals surface area contributed by atoms with Crippen molar-refractivity contribution in [3.63, 3.8) is 0 Å². The molecule has 0 radical (unpaired) electrons. The van der Waals surface area contributed by atoms with Gasteiger partial charge in [-0.15, -0.1) is 0 Å². The highest BCUT2D eigenvalue weighted by atomic mass is 35.5. The SMILES string of the molecule is COc1ccc(/C=C/C(=O)Nc2ccc(S(=O)(=O)Nc3ccc(Cl)cc3)cc2)cc1OC. The molecule has 0 aromatic heterocycles. The molecule has 3 aromatic carbocycles. The van der Waals surface area contributed by atoms with E-state index in [1.165, 1.54) is 37.5 Å². The Morgan fingerprint density at radius 2 is 1.50 bits per heavy atom. The average molecular weight is 473 g/mol. The number of anilines is 2. The number of sulfonamides is 1. The minimum atomic E-state index is -3.77. The third-order valence-electron chi connectivity index (χ3n) is 4.36. The monoisotopic (exact) mass is 472 g/mol. The van der Waals surface area contributed by atoms with Crippen molar-refractivity contribution >= 4 is 45.0 Å². The number of amides is 1. The molecule has 0 bridgehead atoms. The van der Waals surface area contributed by atoms with Crippen LogP contribution in [0.2, 0.25) is 5.02 Å². The van der Waals surface area contributed by atoms with E-state index in [1.807, 2.05) is 0 Å². The van der Waals surface area contributed by atoms with Crippen LogP contribution in [-0.2, 0) is 14.8 Å². The van der Waals surface area contributed by atoms with Gasteiger partial charge in [-0.05, 0) is 72.3 Å². The molecule has 3 rings (SSSR count). The lowest BCUT2D eigenvalue weighted by Crippen LogP contribution is -2.13. The minimum Gasteiger partial charge on any atom is -0.493 e. The van der Waals surface area contributed by atoms with Crippen LogP contribution < -0.4 is 19.5 Å². The lowest BCUT2D eigenvalue weighted by Gasteiger charge is -2.09. The largest absolute Gasteiger partial charge is 0.493 e. The number of benzene rings is 3. The van der Waals surface area contributed by atoms with Crippen molar-refractivity contribution in [1.29, 1.82) is 0 Å². The number of methoxy groups -OCH3 is 2. The van der Waals surface area contributed by atoms with Gasteiger partial charge in [0.1, 0.15) is 0 Å². The molecule has 0 saturated carbocycles. The summed E-state index contributed by atoms with van der Waals surface area (Å²) in [5.41, 5.74) is 1.61. The zero-order valence-electron chi connectivity index (χ0n) is 17.3. The summed E-state index contributed by atoms with van der Waals surface area (Å²) in [7, 11) is -0.691. The highest BCUT2D eigenvalue weighted by Gasteiger charge is 2.14. The molecular weight excluding hydrogens is 452 g/mol. The molecule has 32 heavy (non-hydrogen) atoms. The van der Waals surface area contributed by atoms with E-state index in [4.69, 9.17) is 21.1 Å². The maximum Gasteiger partial charge on any atom is 0.261 e. The van der Waals surface area contributed by atoms with Crippen LogP contribution in [0.3, 0.4) is 0 Å². The molecule has 1 amide bonds. The van der Waals surface area contributed by atoms with Crippen molar-refractivity contribution in [2.45, 2.75) is 4.90 Å². The number of hydrogen-bond acceptors (Lipinski definition) is 5. The first-order valence-corrected chi connectivity index (χ1v) is 11.3. The summed E-state index contributed by atoms with van der Waals surface area (Å²) in [6.07, 6.45) is 3.00. The van der Waals surface area contributed by atoms with Gasteiger partial charge in [0.05, 0.1) is 19.1 Å². The normalized spacial score (nSPS) is 11.2. The number of carbonyl (C=O) groups is 1. The van der Waals surface area contributed by atoms with Gasteiger partial charge in [0.25, 0.3) is 10.0 Å². The van der Waals surface area contributed by atoms with Gasteiger partial charge in [-0.2, -0.15) is 0 Å². The molecule has 2 N–H and O–H groups in total. The molecule has 0 heterocycles. The van der Waals surface area contributed by atoms with Gasteiger partial charge in [0.2, 0.25) is 5.91 Å². The highest BCUT2D eigenvalue weighted by molar-refractivity contribution is 7.92. The quantitative estimate of drug-likeness (QED) is 0.459. The van der Waals surface area contributed by atoms with Crippen molar-refractivity contribution in [3.8, 4) is 11.5 Å². The van der Waals surface area contributed by atoms with Crippen LogP contribution in [0.15, 0.2) is 77.7 Å². The number of ether oxygens (including phenoxy) is 2. The van der Waals surface area contributed by atoms with Gasteiger partial charge in [-0.25, -0.2) is 8.42 Å². The van der Waals surface area contributed by atoms with Crippen LogP contribution in [0, 0.1) is 0 Å². The van der Waals surface area contributed by atoms with Crippen molar-refractivity contribution in [3.05, 3.63) is 83.4 Å². The predicted octanol–water partition coefficient (Wildman–Crippen LogP) is 4.81. The Morgan fingerprint density at radius 3 is 2.12 bits per heavy atom. The van der Waals surface area contributed by atoms with Gasteiger partial charge < -0.3 is 14.8 Å². The van der Waals surface area contributed by atoms with E-state index >= 15 is 0 Å². The third kappa shape index (κ3) is 6.03. The molecule has 0 atom stereocenters. The van der Waals surface area contributed by atoms with Gasteiger partial charge >= 0.3 is 0 Å². The van der Waals surface area contributed by atoms with Gasteiger partial charge in [-0.3, -0.25) is 9.52 Å². The van der Waals surface area contributed by atoms with E-state index in [1.54, 1.807) is 55.7 Å². The van der Waals surface area contributed by atoms with Crippen molar-refractivity contribution in [1.82, 2.24) is 0 Å². The second-order valence-electron chi connectivity index (χ2n) is 6.57. The first kappa shape index (κ1) is 23.2. The van der Waals surface area contributed by atoms with Gasteiger partial charge in [0.15, 0.2) is 11.5 Å². The summed E-state index contributed by atoms with van der Waals surface area (Å²) in [4.78, 5) is 12.3. The highest BCUT2D eigenvalue weighted by Crippen LogP contribution is 2.28. The zero-order valence-corrected chi connectivity index (χ0v) is 18.9. The first-order chi connectivity index (χ1) is 15.3. The number of rotatable bonds is 8. The molecule has 3 aromatic rings. The zero-order chi connectivity index (χ0) is 23.1. The Kier molecular flexibility index (Phi) is 7.40. The molecule has 7 nitrogen and oxygen atoms in total. The van der Waals surface area contributed by atoms with Crippen molar-refractivity contribution in [2.24, 2.45) is 0 Å². The van der Waals surface area contributed by atoms with Crippen LogP contribution in [0.25, 0.3) is 6.08 Å². The van der Waals surface area contributed by atoms with E-state index in [9.17, 15) is 13.2 Å². The smallest absolute Gasteiger partial charge is 0.261 e. The summed E-state index contributed by atoms with van der Waals surface area (Å²) < 4.78 is 37.9. The van der Waals surface area contributed by atoms with Crippen LogP contribution in [-0.4, -0.2) is 28.5 Å². The van der Waals surface area contributed by atoms with Gasteiger partial charge in [-0.1, -0.05) is 17.7 Å². The van der Waals surface area contributed by atoms with Crippen LogP contribution in [0.1, 0.15) is 5.56 Å². The molecule has 0 aliphatic heterocycles. The van der Waals surface area contributed by atoms with E-state index in [0.717, 1.165) is 5.56 Å². The van der Waals surface area contributed by atoms with Crippen molar-refractivity contribution < 1.29 is 22.7 Å². The van der Waals surface area contributed by atoms with Crippen LogP contribution >= 0.6 is 11.6 Å². The summed E-state index contributed by atoms with van der Waals surface area (Å²) in [6, 6.07) is 17.4. The fourth-order valence-electron chi connectivity index (χ4n) is 2.76. The Morgan fingerprint density at radius 1 is 0.875 bits per heavy atom. The molecule has 0 saturated heterocycles. The topological polar surface area (TPSA) is 93.7 Å². The molecule has 0 fully saturated rings. The van der Waals surface area contributed by atoms with E-state index in [2.05, 4.69) is 10.0 Å². The maximum absolute atomic E-state index is 12.5. The minimum absolute atomic E-state index is 0.0614. The summed E-state index contributed by atoms with van der Waals surface area (Å²) in [5, 5.41) is 3.19. The number of carbonyl (C=O) groups excluding carboxylic acids is 1. The Balaban J connectivity index is 1.64. The fraction of sp³-hybridized carbons (Fsp3) is 0.0870. The third-order valence-corrected chi connectivity index (χ3v) is 6.01. The predicted molar refractivity (Wildman–Crippen MR) is 126 cm³/mol.